The Bertz CT molecular complexity index is 1470. The topological polar surface area (TPSA) is 178 Å². The first kappa shape index (κ1) is 24.5. The zero-order valence-electron chi connectivity index (χ0n) is 19.8. The second-order valence-corrected chi connectivity index (χ2v) is 9.74. The van der Waals surface area contributed by atoms with Crippen molar-refractivity contribution in [1.29, 1.82) is 0 Å². The van der Waals surface area contributed by atoms with E-state index in [2.05, 4.69) is 6.58 Å². The van der Waals surface area contributed by atoms with E-state index in [0.29, 0.717) is 16.7 Å². The van der Waals surface area contributed by atoms with Gasteiger partial charge in [0.25, 0.3) is 5.91 Å². The van der Waals surface area contributed by atoms with Crippen LogP contribution in [0, 0.1) is 11.8 Å². The SMILES string of the molecule is C=Cc1ccc(-c2ccc3c(c2O)C(O)=C2C(=O)C4(O)C(O)=C(C(N)=O)C(=O)CC4C(O)C2C3C)cc1. The highest BCUT2D eigenvalue weighted by Crippen LogP contribution is 2.56. The lowest BCUT2D eigenvalue weighted by Crippen LogP contribution is -2.63. The molecule has 0 heterocycles. The number of fused-ring (bicyclic) bond motifs is 3. The number of hydrogen-bond donors (Lipinski definition) is 6. The number of carbonyl (C=O) groups excluding carboxylic acids is 3. The van der Waals surface area contributed by atoms with Crippen LogP contribution < -0.4 is 5.73 Å². The quantitative estimate of drug-likeness (QED) is 0.345. The number of rotatable bonds is 3. The van der Waals surface area contributed by atoms with Crippen LogP contribution in [0.5, 0.6) is 5.75 Å². The maximum atomic E-state index is 13.7. The van der Waals surface area contributed by atoms with Gasteiger partial charge in [-0.1, -0.05) is 56.0 Å². The molecule has 5 rings (SSSR count). The van der Waals surface area contributed by atoms with Gasteiger partial charge in [0.15, 0.2) is 11.4 Å². The Labute approximate surface area is 211 Å². The Kier molecular flexibility index (Phi) is 5.40. The molecule has 0 saturated heterocycles. The van der Waals surface area contributed by atoms with Crippen molar-refractivity contribution in [3.05, 3.63) is 76.6 Å². The summed E-state index contributed by atoms with van der Waals surface area (Å²) in [7, 11) is 0. The molecule has 1 fully saturated rings. The van der Waals surface area contributed by atoms with Gasteiger partial charge in [0, 0.05) is 29.4 Å². The van der Waals surface area contributed by atoms with Crippen molar-refractivity contribution in [2.24, 2.45) is 17.6 Å². The predicted molar refractivity (Wildman–Crippen MR) is 133 cm³/mol. The summed E-state index contributed by atoms with van der Waals surface area (Å²) in [6, 6.07) is 10.4. The predicted octanol–water partition coefficient (Wildman–Crippen LogP) is 2.27. The zero-order valence-corrected chi connectivity index (χ0v) is 19.8. The van der Waals surface area contributed by atoms with E-state index in [-0.39, 0.29) is 11.3 Å². The minimum absolute atomic E-state index is 0.0443. The first-order chi connectivity index (χ1) is 17.4. The molecule has 9 nitrogen and oxygen atoms in total. The molecule has 7 N–H and O–H groups in total. The molecule has 0 aromatic heterocycles. The number of aliphatic hydroxyl groups is 4. The molecule has 2 aromatic carbocycles. The molecule has 1 amide bonds. The molecule has 190 valence electrons. The van der Waals surface area contributed by atoms with Crippen LogP contribution in [0.2, 0.25) is 0 Å². The normalized spacial score (nSPS) is 28.9. The van der Waals surface area contributed by atoms with Crippen molar-refractivity contribution in [2.75, 3.05) is 0 Å². The van der Waals surface area contributed by atoms with Gasteiger partial charge in [0.05, 0.1) is 11.7 Å². The van der Waals surface area contributed by atoms with Gasteiger partial charge >= 0.3 is 0 Å². The van der Waals surface area contributed by atoms with Crippen LogP contribution in [-0.2, 0) is 14.4 Å². The largest absolute Gasteiger partial charge is 0.508 e. The number of carbonyl (C=O) groups is 3. The molecule has 5 unspecified atom stereocenters. The summed E-state index contributed by atoms with van der Waals surface area (Å²) >= 11 is 0. The van der Waals surface area contributed by atoms with E-state index in [1.54, 1.807) is 49.4 Å². The minimum Gasteiger partial charge on any atom is -0.508 e. The lowest BCUT2D eigenvalue weighted by molar-refractivity contribution is -0.160. The molecule has 0 spiro atoms. The molecule has 0 radical (unpaired) electrons. The number of benzene rings is 2. The monoisotopic (exact) mass is 503 g/mol. The first-order valence-electron chi connectivity index (χ1n) is 11.7. The van der Waals surface area contributed by atoms with Crippen molar-refractivity contribution >= 4 is 29.3 Å². The van der Waals surface area contributed by atoms with Gasteiger partial charge in [-0.15, -0.1) is 0 Å². The Morgan fingerprint density at radius 2 is 1.76 bits per heavy atom. The van der Waals surface area contributed by atoms with E-state index in [1.165, 1.54) is 0 Å². The Morgan fingerprint density at radius 1 is 1.11 bits per heavy atom. The fourth-order valence-electron chi connectivity index (χ4n) is 6.03. The summed E-state index contributed by atoms with van der Waals surface area (Å²) in [4.78, 5) is 38.0. The summed E-state index contributed by atoms with van der Waals surface area (Å²) in [5, 5.41) is 55.9. The number of phenolic OH excluding ortho intramolecular Hbond substituents is 1. The van der Waals surface area contributed by atoms with Gasteiger partial charge in [-0.3, -0.25) is 14.4 Å². The molecule has 0 bridgehead atoms. The van der Waals surface area contributed by atoms with Gasteiger partial charge in [0.1, 0.15) is 22.8 Å². The van der Waals surface area contributed by atoms with Crippen LogP contribution in [0.3, 0.4) is 0 Å². The van der Waals surface area contributed by atoms with E-state index < -0.39 is 76.0 Å². The van der Waals surface area contributed by atoms with E-state index in [0.717, 1.165) is 5.56 Å². The second-order valence-electron chi connectivity index (χ2n) is 9.74. The summed E-state index contributed by atoms with van der Waals surface area (Å²) in [6.07, 6.45) is -0.503. The standard InChI is InChI=1S/C28H25NO8/c1-3-12-4-6-13(7-5-12)15-9-8-14-11(2)18-21(24(33)19(14)22(15)31)26(35)28(37)16(23(18)32)10-17(30)20(25(28)34)27(29)36/h3-9,11,16,18,23,31-34,37H,1,10H2,2H3,(H2,29,36). The second kappa shape index (κ2) is 8.16. The number of primary amides is 1. The van der Waals surface area contributed by atoms with Gasteiger partial charge in [-0.25, -0.2) is 0 Å². The molecule has 3 aliphatic carbocycles. The molecular formula is C28H25NO8. The van der Waals surface area contributed by atoms with Crippen LogP contribution in [0.25, 0.3) is 23.0 Å². The fourth-order valence-corrected chi connectivity index (χ4v) is 6.03. The number of hydrogen-bond acceptors (Lipinski definition) is 8. The molecule has 0 aliphatic heterocycles. The van der Waals surface area contributed by atoms with Crippen molar-refractivity contribution in [1.82, 2.24) is 0 Å². The van der Waals surface area contributed by atoms with Crippen LogP contribution in [0.15, 0.2) is 59.9 Å². The van der Waals surface area contributed by atoms with E-state index in [4.69, 9.17) is 5.73 Å². The number of nitrogens with two attached hydrogens (primary N) is 1. The lowest BCUT2D eigenvalue weighted by Gasteiger charge is -2.50. The van der Waals surface area contributed by atoms with Crippen LogP contribution >= 0.6 is 0 Å². The van der Waals surface area contributed by atoms with Crippen molar-refractivity contribution in [3.8, 4) is 16.9 Å². The summed E-state index contributed by atoms with van der Waals surface area (Å²) in [6.45, 7) is 5.39. The van der Waals surface area contributed by atoms with Crippen LogP contribution in [0.4, 0.5) is 0 Å². The maximum Gasteiger partial charge on any atom is 0.255 e. The highest BCUT2D eigenvalue weighted by atomic mass is 16.4. The molecule has 5 atom stereocenters. The molecule has 37 heavy (non-hydrogen) atoms. The van der Waals surface area contributed by atoms with Crippen LogP contribution in [0.1, 0.15) is 36.0 Å². The summed E-state index contributed by atoms with van der Waals surface area (Å²) < 4.78 is 0. The molecule has 9 heteroatoms. The Morgan fingerprint density at radius 3 is 2.35 bits per heavy atom. The Hall–Kier alpha value is -4.21. The number of phenols is 1. The van der Waals surface area contributed by atoms with Gasteiger partial charge < -0.3 is 31.3 Å². The first-order valence-corrected chi connectivity index (χ1v) is 11.7. The van der Waals surface area contributed by atoms with Crippen molar-refractivity contribution in [2.45, 2.75) is 31.0 Å². The van der Waals surface area contributed by atoms with E-state index in [1.807, 2.05) is 0 Å². The fraction of sp³-hybridized carbons (Fsp3) is 0.250. The lowest BCUT2D eigenvalue weighted by atomic mass is 9.55. The highest BCUT2D eigenvalue weighted by Gasteiger charge is 2.64. The minimum atomic E-state index is -2.86. The van der Waals surface area contributed by atoms with E-state index >= 15 is 0 Å². The third-order valence-corrected chi connectivity index (χ3v) is 7.96. The average molecular weight is 504 g/mol. The molecule has 3 aliphatic rings. The number of aliphatic hydroxyl groups excluding tert-OH is 3. The van der Waals surface area contributed by atoms with E-state index in [9.17, 15) is 39.9 Å². The number of Topliss-reactive ketones (excluding diaryl/α,β-unsaturated/α-hetero) is 2. The number of ketones is 2. The zero-order chi connectivity index (χ0) is 27.0. The van der Waals surface area contributed by atoms with Gasteiger partial charge in [0.2, 0.25) is 5.78 Å². The maximum absolute atomic E-state index is 13.7. The third-order valence-electron chi connectivity index (χ3n) is 7.96. The number of amides is 1. The third kappa shape index (κ3) is 3.14. The van der Waals surface area contributed by atoms with Crippen molar-refractivity contribution < 1.29 is 39.9 Å². The Balaban J connectivity index is 1.73. The molecule has 1 saturated carbocycles. The van der Waals surface area contributed by atoms with Gasteiger partial charge in [-0.2, -0.15) is 0 Å². The molecule has 2 aromatic rings. The summed E-state index contributed by atoms with van der Waals surface area (Å²) in [5.74, 6) is -8.80. The highest BCUT2D eigenvalue weighted by molar-refractivity contribution is 6.23. The summed E-state index contributed by atoms with van der Waals surface area (Å²) in [5.41, 5.74) is 3.28. The van der Waals surface area contributed by atoms with Crippen LogP contribution in [-0.4, -0.2) is 54.7 Å². The molecular weight excluding hydrogens is 478 g/mol. The average Bonchev–Trinajstić information content (AvgIpc) is 2.86. The van der Waals surface area contributed by atoms with Crippen molar-refractivity contribution in [3.63, 3.8) is 0 Å². The van der Waals surface area contributed by atoms with Gasteiger partial charge in [-0.05, 0) is 22.6 Å². The smallest absolute Gasteiger partial charge is 0.255 e. The number of aromatic hydroxyl groups is 1.